The Labute approximate surface area is 127 Å². The van der Waals surface area contributed by atoms with Crippen LogP contribution in [0.3, 0.4) is 0 Å². The van der Waals surface area contributed by atoms with Crippen molar-refractivity contribution in [1.82, 2.24) is 0 Å². The van der Waals surface area contributed by atoms with Gasteiger partial charge in [-0.05, 0) is 12.3 Å². The summed E-state index contributed by atoms with van der Waals surface area (Å²) in [6, 6.07) is 8.88. The third-order valence-electron chi connectivity index (χ3n) is 3.67. The van der Waals surface area contributed by atoms with Crippen molar-refractivity contribution < 1.29 is 14.3 Å². The fraction of sp³-hybridized carbons (Fsp3) is 0.444. The van der Waals surface area contributed by atoms with Gasteiger partial charge in [-0.15, -0.1) is 6.58 Å². The Hall–Kier alpha value is -1.90. The zero-order valence-electron chi connectivity index (χ0n) is 12.9. The standard InChI is InChI=1S/C18H24O3/c1-4-6-8-11-14(5-2)16(18(20)21-3)17(19)15-12-9-7-10-13-15/h5,7,9-10,12-14,16H,2,4,6,8,11H2,1,3H3. The van der Waals surface area contributed by atoms with Gasteiger partial charge < -0.3 is 4.74 Å². The Bertz CT molecular complexity index is 465. The van der Waals surface area contributed by atoms with E-state index >= 15 is 0 Å². The number of hydrogen-bond donors (Lipinski definition) is 0. The number of ether oxygens (including phenoxy) is 1. The summed E-state index contributed by atoms with van der Waals surface area (Å²) in [5.41, 5.74) is 0.537. The highest BCUT2D eigenvalue weighted by atomic mass is 16.5. The molecule has 0 N–H and O–H groups in total. The molecule has 0 saturated carbocycles. The maximum Gasteiger partial charge on any atom is 0.317 e. The zero-order chi connectivity index (χ0) is 15.7. The number of hydrogen-bond acceptors (Lipinski definition) is 3. The van der Waals surface area contributed by atoms with Crippen molar-refractivity contribution in [2.75, 3.05) is 7.11 Å². The van der Waals surface area contributed by atoms with Gasteiger partial charge in [-0.2, -0.15) is 0 Å². The first-order valence-corrected chi connectivity index (χ1v) is 7.45. The van der Waals surface area contributed by atoms with Gasteiger partial charge in [0, 0.05) is 5.56 Å². The molecular weight excluding hydrogens is 264 g/mol. The van der Waals surface area contributed by atoms with E-state index in [9.17, 15) is 9.59 Å². The molecule has 1 rings (SSSR count). The number of carbonyl (C=O) groups excluding carboxylic acids is 2. The summed E-state index contributed by atoms with van der Waals surface area (Å²) in [5.74, 6) is -1.66. The summed E-state index contributed by atoms with van der Waals surface area (Å²) in [7, 11) is 1.32. The molecule has 0 aliphatic carbocycles. The lowest BCUT2D eigenvalue weighted by Crippen LogP contribution is -2.32. The molecule has 3 nitrogen and oxygen atoms in total. The molecule has 0 aliphatic rings. The number of methoxy groups -OCH3 is 1. The molecule has 2 atom stereocenters. The molecule has 0 fully saturated rings. The van der Waals surface area contributed by atoms with Crippen molar-refractivity contribution in [2.24, 2.45) is 11.8 Å². The molecule has 0 amide bonds. The van der Waals surface area contributed by atoms with Gasteiger partial charge in [-0.1, -0.05) is 62.6 Å². The molecule has 0 bridgehead atoms. The Morgan fingerprint density at radius 3 is 2.43 bits per heavy atom. The smallest absolute Gasteiger partial charge is 0.317 e. The molecule has 114 valence electrons. The maximum atomic E-state index is 12.6. The van der Waals surface area contributed by atoms with E-state index in [1.807, 2.05) is 6.07 Å². The average Bonchev–Trinajstić information content (AvgIpc) is 2.54. The summed E-state index contributed by atoms with van der Waals surface area (Å²) in [6.45, 7) is 5.91. The van der Waals surface area contributed by atoms with E-state index in [1.165, 1.54) is 7.11 Å². The van der Waals surface area contributed by atoms with Crippen LogP contribution in [0.25, 0.3) is 0 Å². The van der Waals surface area contributed by atoms with Crippen LogP contribution in [-0.2, 0) is 9.53 Å². The molecule has 0 spiro atoms. The molecule has 0 heterocycles. The number of ketones is 1. The number of esters is 1. The van der Waals surface area contributed by atoms with Crippen LogP contribution < -0.4 is 0 Å². The number of rotatable bonds is 9. The first-order chi connectivity index (χ1) is 10.2. The van der Waals surface area contributed by atoms with Gasteiger partial charge >= 0.3 is 5.97 Å². The minimum absolute atomic E-state index is 0.184. The highest BCUT2D eigenvalue weighted by Gasteiger charge is 2.34. The lowest BCUT2D eigenvalue weighted by atomic mass is 9.82. The van der Waals surface area contributed by atoms with Gasteiger partial charge in [0.05, 0.1) is 7.11 Å². The predicted molar refractivity (Wildman–Crippen MR) is 84.1 cm³/mol. The number of unbranched alkanes of at least 4 members (excludes halogenated alkanes) is 2. The quantitative estimate of drug-likeness (QED) is 0.226. The van der Waals surface area contributed by atoms with Gasteiger partial charge in [-0.25, -0.2) is 0 Å². The first kappa shape index (κ1) is 17.2. The van der Waals surface area contributed by atoms with E-state index in [4.69, 9.17) is 4.74 Å². The topological polar surface area (TPSA) is 43.4 Å². The SMILES string of the molecule is C=CC(CCCCC)C(C(=O)OC)C(=O)c1ccccc1. The number of allylic oxidation sites excluding steroid dienone is 1. The minimum atomic E-state index is -0.799. The number of carbonyl (C=O) groups is 2. The molecular formula is C18H24O3. The lowest BCUT2D eigenvalue weighted by molar-refractivity contribution is -0.144. The van der Waals surface area contributed by atoms with Gasteiger partial charge in [-0.3, -0.25) is 9.59 Å². The molecule has 0 saturated heterocycles. The number of Topliss-reactive ketones (excluding diaryl/α,β-unsaturated/α-hetero) is 1. The summed E-state index contributed by atoms with van der Waals surface area (Å²) in [4.78, 5) is 24.7. The Kier molecular flexibility index (Phi) is 7.44. The van der Waals surface area contributed by atoms with E-state index in [0.29, 0.717) is 5.56 Å². The van der Waals surface area contributed by atoms with Crippen molar-refractivity contribution in [3.63, 3.8) is 0 Å². The Morgan fingerprint density at radius 2 is 1.90 bits per heavy atom. The first-order valence-electron chi connectivity index (χ1n) is 7.45. The van der Waals surface area contributed by atoms with Crippen LogP contribution >= 0.6 is 0 Å². The van der Waals surface area contributed by atoms with Crippen LogP contribution in [0.15, 0.2) is 43.0 Å². The Morgan fingerprint density at radius 1 is 1.24 bits per heavy atom. The van der Waals surface area contributed by atoms with Gasteiger partial charge in [0.2, 0.25) is 0 Å². The molecule has 0 radical (unpaired) electrons. The molecule has 0 aliphatic heterocycles. The minimum Gasteiger partial charge on any atom is -0.468 e. The fourth-order valence-electron chi connectivity index (χ4n) is 2.44. The van der Waals surface area contributed by atoms with Gasteiger partial charge in [0.1, 0.15) is 5.92 Å². The molecule has 0 aromatic heterocycles. The Balaban J connectivity index is 2.95. The zero-order valence-corrected chi connectivity index (χ0v) is 12.9. The van der Waals surface area contributed by atoms with Crippen molar-refractivity contribution in [3.05, 3.63) is 48.6 Å². The predicted octanol–water partition coefficient (Wildman–Crippen LogP) is 4.04. The second kappa shape index (κ2) is 9.11. The maximum absolute atomic E-state index is 12.6. The normalized spacial score (nSPS) is 13.2. The third-order valence-corrected chi connectivity index (χ3v) is 3.67. The van der Waals surface area contributed by atoms with Crippen molar-refractivity contribution in [1.29, 1.82) is 0 Å². The fourth-order valence-corrected chi connectivity index (χ4v) is 2.44. The monoisotopic (exact) mass is 288 g/mol. The van der Waals surface area contributed by atoms with Gasteiger partial charge in [0.25, 0.3) is 0 Å². The second-order valence-corrected chi connectivity index (χ2v) is 5.13. The summed E-state index contributed by atoms with van der Waals surface area (Å²) >= 11 is 0. The molecule has 1 aromatic rings. The van der Waals surface area contributed by atoms with Crippen LogP contribution in [0.1, 0.15) is 43.0 Å². The molecule has 3 heteroatoms. The average molecular weight is 288 g/mol. The van der Waals surface area contributed by atoms with Crippen LogP contribution in [-0.4, -0.2) is 18.9 Å². The number of benzene rings is 1. The van der Waals surface area contributed by atoms with Crippen molar-refractivity contribution >= 4 is 11.8 Å². The summed E-state index contributed by atoms with van der Waals surface area (Å²) < 4.78 is 4.84. The highest BCUT2D eigenvalue weighted by molar-refractivity contribution is 6.09. The molecule has 21 heavy (non-hydrogen) atoms. The van der Waals surface area contributed by atoms with E-state index in [1.54, 1.807) is 30.3 Å². The molecule has 1 aromatic carbocycles. The van der Waals surface area contributed by atoms with Crippen LogP contribution in [0.5, 0.6) is 0 Å². The summed E-state index contributed by atoms with van der Waals surface area (Å²) in [5, 5.41) is 0. The van der Waals surface area contributed by atoms with E-state index < -0.39 is 11.9 Å². The van der Waals surface area contributed by atoms with Crippen LogP contribution in [0.4, 0.5) is 0 Å². The van der Waals surface area contributed by atoms with E-state index in [-0.39, 0.29) is 11.7 Å². The summed E-state index contributed by atoms with van der Waals surface area (Å²) in [6.07, 6.45) is 5.63. The third kappa shape index (κ3) is 4.85. The second-order valence-electron chi connectivity index (χ2n) is 5.13. The highest BCUT2D eigenvalue weighted by Crippen LogP contribution is 2.25. The van der Waals surface area contributed by atoms with E-state index in [0.717, 1.165) is 25.7 Å². The van der Waals surface area contributed by atoms with Crippen molar-refractivity contribution in [3.8, 4) is 0 Å². The van der Waals surface area contributed by atoms with Crippen molar-refractivity contribution in [2.45, 2.75) is 32.6 Å². The molecule has 2 unspecified atom stereocenters. The van der Waals surface area contributed by atoms with Crippen LogP contribution in [0.2, 0.25) is 0 Å². The largest absolute Gasteiger partial charge is 0.468 e. The van der Waals surface area contributed by atoms with Crippen LogP contribution in [0, 0.1) is 11.8 Å². The lowest BCUT2D eigenvalue weighted by Gasteiger charge is -2.21. The van der Waals surface area contributed by atoms with Gasteiger partial charge in [0.15, 0.2) is 5.78 Å². The van der Waals surface area contributed by atoms with E-state index in [2.05, 4.69) is 13.5 Å².